The lowest BCUT2D eigenvalue weighted by molar-refractivity contribution is 0.102. The zero-order valence-corrected chi connectivity index (χ0v) is 19.3. The molecule has 3 aromatic heterocycles. The molecule has 0 spiro atoms. The van der Waals surface area contributed by atoms with Gasteiger partial charge in [0.2, 0.25) is 5.95 Å². The molecule has 35 heavy (non-hydrogen) atoms. The van der Waals surface area contributed by atoms with Crippen LogP contribution in [0.25, 0.3) is 22.0 Å². The minimum absolute atomic E-state index is 0.225. The van der Waals surface area contributed by atoms with Gasteiger partial charge in [-0.1, -0.05) is 17.4 Å². The van der Waals surface area contributed by atoms with Crippen molar-refractivity contribution in [2.24, 2.45) is 7.05 Å². The number of carbonyl (C=O) groups excluding carboxylic acids is 1. The van der Waals surface area contributed by atoms with Gasteiger partial charge < -0.3 is 9.80 Å². The molecule has 1 aromatic carbocycles. The van der Waals surface area contributed by atoms with Crippen LogP contribution in [0.1, 0.15) is 10.4 Å². The average molecular weight is 458 g/mol. The maximum atomic E-state index is 13.0. The summed E-state index contributed by atoms with van der Waals surface area (Å²) in [5, 5.41) is 6.53. The van der Waals surface area contributed by atoms with E-state index in [2.05, 4.69) is 30.3 Å². The highest BCUT2D eigenvalue weighted by atomic mass is 16.1. The van der Waals surface area contributed by atoms with E-state index in [0.29, 0.717) is 37.6 Å². The van der Waals surface area contributed by atoms with Crippen molar-refractivity contribution in [3.05, 3.63) is 60.7 Å². The van der Waals surface area contributed by atoms with Crippen LogP contribution >= 0.6 is 0 Å². The second-order valence-corrected chi connectivity index (χ2v) is 8.59. The van der Waals surface area contributed by atoms with Crippen LogP contribution in [0.4, 0.5) is 11.8 Å². The zero-order valence-electron chi connectivity index (χ0n) is 19.3. The minimum atomic E-state index is -1.35. The molecule has 1 fully saturated rings. The van der Waals surface area contributed by atoms with Gasteiger partial charge in [0.05, 0.1) is 35.3 Å². The smallest absolute Gasteiger partial charge is 0.258 e. The van der Waals surface area contributed by atoms with E-state index in [1.54, 1.807) is 40.3 Å². The van der Waals surface area contributed by atoms with Crippen LogP contribution in [0.15, 0.2) is 55.1 Å². The second-order valence-electron chi connectivity index (χ2n) is 8.59. The quantitative estimate of drug-likeness (QED) is 0.445. The van der Waals surface area contributed by atoms with Crippen molar-refractivity contribution in [3.63, 3.8) is 0 Å². The first-order chi connectivity index (χ1) is 16.8. The third-order valence-electron chi connectivity index (χ3n) is 6.01. The number of rotatable bonds is 5. The number of fused-ring (bicyclic) bond motifs is 1. The SMILES string of the molecule is [B]C([B])([B])N1CCN(c2cc(C(=O)Nc3ncc4ccc(-c5cnn(C)c5)cc4n3)ccn2)CC1. The summed E-state index contributed by atoms with van der Waals surface area (Å²) in [6, 6.07) is 9.29. The lowest BCUT2D eigenvalue weighted by Crippen LogP contribution is -2.58. The summed E-state index contributed by atoms with van der Waals surface area (Å²) < 4.78 is 1.75. The van der Waals surface area contributed by atoms with Gasteiger partial charge in [0.1, 0.15) is 5.82 Å². The molecule has 12 heteroatoms. The van der Waals surface area contributed by atoms with E-state index in [4.69, 9.17) is 23.5 Å². The van der Waals surface area contributed by atoms with Crippen LogP contribution in [0.5, 0.6) is 0 Å². The van der Waals surface area contributed by atoms with Gasteiger partial charge in [0, 0.05) is 68.3 Å². The fourth-order valence-electron chi connectivity index (χ4n) is 4.06. The van der Waals surface area contributed by atoms with Gasteiger partial charge in [-0.15, -0.1) is 0 Å². The first-order valence-corrected chi connectivity index (χ1v) is 11.2. The Balaban J connectivity index is 1.31. The van der Waals surface area contributed by atoms with E-state index in [1.165, 1.54) is 0 Å². The third kappa shape index (κ3) is 5.07. The van der Waals surface area contributed by atoms with E-state index in [-0.39, 0.29) is 11.9 Å². The van der Waals surface area contributed by atoms with Crippen LogP contribution in [0.3, 0.4) is 0 Å². The molecule has 0 bridgehead atoms. The maximum absolute atomic E-state index is 13.0. The summed E-state index contributed by atoms with van der Waals surface area (Å²) in [6.07, 6.45) is 7.03. The van der Waals surface area contributed by atoms with Crippen LogP contribution in [0.2, 0.25) is 0 Å². The summed E-state index contributed by atoms with van der Waals surface area (Å²) in [5.41, 5.74) is 3.15. The molecule has 168 valence electrons. The predicted molar refractivity (Wildman–Crippen MR) is 138 cm³/mol. The second kappa shape index (κ2) is 9.18. The molecule has 6 radical (unpaired) electrons. The number of nitrogens with zero attached hydrogens (tertiary/aromatic N) is 7. The molecular formula is C23H21B3N8O. The monoisotopic (exact) mass is 458 g/mol. The Morgan fingerprint density at radius 1 is 1.00 bits per heavy atom. The number of anilines is 2. The van der Waals surface area contributed by atoms with Crippen molar-refractivity contribution in [1.82, 2.24) is 29.6 Å². The standard InChI is InChI=1S/C23H21B3N8O/c1-32-14-18(13-29-32)15-2-3-17-12-28-22(30-19(17)10-15)31-21(35)16-4-5-27-20(11-16)33-6-8-34(9-7-33)23(24,25)26/h2-5,10-14H,6-9H2,1H3,(H,28,30,31,35). The van der Waals surface area contributed by atoms with Crippen molar-refractivity contribution in [2.75, 3.05) is 36.4 Å². The number of carbonyl (C=O) groups is 1. The highest BCUT2D eigenvalue weighted by Gasteiger charge is 2.25. The number of hydrogen-bond acceptors (Lipinski definition) is 7. The summed E-state index contributed by atoms with van der Waals surface area (Å²) >= 11 is 0. The number of benzene rings is 1. The van der Waals surface area contributed by atoms with Crippen molar-refractivity contribution < 1.29 is 4.79 Å². The fourth-order valence-corrected chi connectivity index (χ4v) is 4.06. The Labute approximate surface area is 207 Å². The molecule has 5 rings (SSSR count). The Kier molecular flexibility index (Phi) is 6.06. The number of pyridine rings is 1. The molecular weight excluding hydrogens is 437 g/mol. The molecule has 1 amide bonds. The third-order valence-corrected chi connectivity index (χ3v) is 6.01. The van der Waals surface area contributed by atoms with Crippen LogP contribution in [-0.2, 0) is 7.05 Å². The largest absolute Gasteiger partial charge is 0.354 e. The van der Waals surface area contributed by atoms with Gasteiger partial charge in [-0.25, -0.2) is 15.0 Å². The van der Waals surface area contributed by atoms with Crippen molar-refractivity contribution in [2.45, 2.75) is 5.24 Å². The van der Waals surface area contributed by atoms with Crippen LogP contribution in [0, 0.1) is 0 Å². The molecule has 1 N–H and O–H groups in total. The fraction of sp³-hybridized carbons (Fsp3) is 0.261. The number of piperazine rings is 1. The molecule has 0 atom stereocenters. The summed E-state index contributed by atoms with van der Waals surface area (Å²) in [7, 11) is 19.2. The normalized spacial score (nSPS) is 14.8. The Hall–Kier alpha value is -3.66. The molecule has 1 aliphatic rings. The van der Waals surface area contributed by atoms with Gasteiger partial charge in [-0.2, -0.15) is 5.10 Å². The lowest BCUT2D eigenvalue weighted by Gasteiger charge is -2.43. The molecule has 0 saturated carbocycles. The lowest BCUT2D eigenvalue weighted by atomic mass is 9.48. The first-order valence-electron chi connectivity index (χ1n) is 11.2. The zero-order chi connectivity index (χ0) is 24.6. The van der Waals surface area contributed by atoms with Crippen molar-refractivity contribution in [3.8, 4) is 11.1 Å². The van der Waals surface area contributed by atoms with Crippen molar-refractivity contribution >= 4 is 52.1 Å². The molecule has 4 heterocycles. The topological polar surface area (TPSA) is 92.1 Å². The van der Waals surface area contributed by atoms with Crippen molar-refractivity contribution in [1.29, 1.82) is 0 Å². The summed E-state index contributed by atoms with van der Waals surface area (Å²) in [5.74, 6) is 0.595. The van der Waals surface area contributed by atoms with E-state index in [9.17, 15) is 4.79 Å². The van der Waals surface area contributed by atoms with Crippen LogP contribution < -0.4 is 10.2 Å². The summed E-state index contributed by atoms with van der Waals surface area (Å²) in [4.78, 5) is 30.1. The van der Waals surface area contributed by atoms with Crippen LogP contribution in [-0.4, -0.2) is 90.5 Å². The summed E-state index contributed by atoms with van der Waals surface area (Å²) in [6.45, 7) is 2.46. The number of nitrogens with one attached hydrogen (secondary N) is 1. The van der Waals surface area contributed by atoms with Gasteiger partial charge in [-0.3, -0.25) is 14.8 Å². The highest BCUT2D eigenvalue weighted by Crippen LogP contribution is 2.24. The van der Waals surface area contributed by atoms with Gasteiger partial charge >= 0.3 is 0 Å². The number of amides is 1. The van der Waals surface area contributed by atoms with E-state index >= 15 is 0 Å². The molecule has 9 nitrogen and oxygen atoms in total. The Bertz CT molecular complexity index is 1380. The molecule has 0 aliphatic carbocycles. The van der Waals surface area contributed by atoms with E-state index < -0.39 is 5.24 Å². The Morgan fingerprint density at radius 2 is 1.80 bits per heavy atom. The highest BCUT2D eigenvalue weighted by molar-refractivity contribution is 6.59. The number of aryl methyl sites for hydroxylation is 1. The maximum Gasteiger partial charge on any atom is 0.258 e. The molecule has 4 aromatic rings. The van der Waals surface area contributed by atoms with Gasteiger partial charge in [0.15, 0.2) is 0 Å². The number of aromatic nitrogens is 5. The number of hydrogen-bond donors (Lipinski definition) is 1. The van der Waals surface area contributed by atoms with Gasteiger partial charge in [-0.05, 0) is 23.8 Å². The molecule has 1 saturated heterocycles. The minimum Gasteiger partial charge on any atom is -0.354 e. The van der Waals surface area contributed by atoms with E-state index in [0.717, 1.165) is 22.0 Å². The molecule has 1 aliphatic heterocycles. The first kappa shape index (κ1) is 23.1. The predicted octanol–water partition coefficient (Wildman–Crippen LogP) is 0.916. The van der Waals surface area contributed by atoms with E-state index in [1.807, 2.05) is 31.4 Å². The average Bonchev–Trinajstić information content (AvgIpc) is 3.29. The Morgan fingerprint density at radius 3 is 2.51 bits per heavy atom. The van der Waals surface area contributed by atoms with Gasteiger partial charge in [0.25, 0.3) is 5.91 Å². The molecule has 0 unspecified atom stereocenters.